The molecule has 0 aliphatic heterocycles. The molecule has 0 fully saturated rings. The number of carbonyl (C=O) groups is 1. The van der Waals surface area contributed by atoms with Crippen molar-refractivity contribution in [1.82, 2.24) is 0 Å². The van der Waals surface area contributed by atoms with Crippen LogP contribution in [0.5, 0.6) is 0 Å². The first kappa shape index (κ1) is 15.0. The molecule has 3 heteroatoms. The van der Waals surface area contributed by atoms with Crippen molar-refractivity contribution in [3.05, 3.63) is 24.3 Å². The summed E-state index contributed by atoms with van der Waals surface area (Å²) in [6.45, 7) is 9.65. The van der Waals surface area contributed by atoms with Crippen LogP contribution in [0.2, 0.25) is 0 Å². The molecule has 0 aliphatic rings. The number of hydrogen-bond acceptors (Lipinski definition) is 2. The molecule has 2 nitrogen and oxygen atoms in total. The Balaban J connectivity index is 0.00000106. The molecule has 16 heavy (non-hydrogen) atoms. The van der Waals surface area contributed by atoms with E-state index in [1.807, 2.05) is 58.9 Å². The van der Waals surface area contributed by atoms with Crippen molar-refractivity contribution in [3.63, 3.8) is 0 Å². The van der Waals surface area contributed by atoms with Gasteiger partial charge >= 0.3 is 0 Å². The van der Waals surface area contributed by atoms with Crippen LogP contribution >= 0.6 is 12.6 Å². The van der Waals surface area contributed by atoms with Crippen molar-refractivity contribution >= 4 is 24.2 Å². The fourth-order valence-corrected chi connectivity index (χ4v) is 1.01. The second kappa shape index (κ2) is 6.59. The highest BCUT2D eigenvalue weighted by Gasteiger charge is 2.20. The van der Waals surface area contributed by atoms with Crippen LogP contribution in [0.4, 0.5) is 5.69 Å². The van der Waals surface area contributed by atoms with Gasteiger partial charge in [-0.3, -0.25) is 4.79 Å². The van der Waals surface area contributed by atoms with Gasteiger partial charge in [-0.15, -0.1) is 12.6 Å². The van der Waals surface area contributed by atoms with Gasteiger partial charge in [-0.05, 0) is 24.3 Å². The summed E-state index contributed by atoms with van der Waals surface area (Å²) >= 11 is 4.17. The van der Waals surface area contributed by atoms with Crippen molar-refractivity contribution in [2.24, 2.45) is 5.41 Å². The molecule has 1 aromatic rings. The van der Waals surface area contributed by atoms with E-state index in [1.54, 1.807) is 0 Å². The Morgan fingerprint density at radius 2 is 1.56 bits per heavy atom. The van der Waals surface area contributed by atoms with Gasteiger partial charge in [-0.1, -0.05) is 34.6 Å². The van der Waals surface area contributed by atoms with Crippen LogP contribution < -0.4 is 5.32 Å². The van der Waals surface area contributed by atoms with E-state index in [2.05, 4.69) is 17.9 Å². The van der Waals surface area contributed by atoms with E-state index in [1.165, 1.54) is 0 Å². The highest BCUT2D eigenvalue weighted by Crippen LogP contribution is 2.18. The largest absolute Gasteiger partial charge is 0.326 e. The van der Waals surface area contributed by atoms with Gasteiger partial charge in [-0.2, -0.15) is 0 Å². The quantitative estimate of drug-likeness (QED) is 0.713. The number of nitrogens with one attached hydrogen (secondary N) is 1. The SMILES string of the molecule is CC.CC(C)(C)C(=O)Nc1ccc(S)cc1. The second-order valence-electron chi connectivity index (χ2n) is 4.25. The topological polar surface area (TPSA) is 29.1 Å². The number of carbonyl (C=O) groups excluding carboxylic acids is 1. The Morgan fingerprint density at radius 1 is 1.12 bits per heavy atom. The molecule has 90 valence electrons. The minimum absolute atomic E-state index is 0.0180. The zero-order valence-electron chi connectivity index (χ0n) is 10.7. The van der Waals surface area contributed by atoms with E-state index in [9.17, 15) is 4.79 Å². The maximum absolute atomic E-state index is 11.6. The van der Waals surface area contributed by atoms with E-state index >= 15 is 0 Å². The average Bonchev–Trinajstić information content (AvgIpc) is 2.23. The molecule has 0 atom stereocenters. The van der Waals surface area contributed by atoms with Crippen LogP contribution in [-0.4, -0.2) is 5.91 Å². The molecule has 1 rings (SSSR count). The fourth-order valence-electron chi connectivity index (χ4n) is 0.863. The van der Waals surface area contributed by atoms with Crippen LogP contribution in [0.3, 0.4) is 0 Å². The van der Waals surface area contributed by atoms with E-state index in [0.29, 0.717) is 0 Å². The Hall–Kier alpha value is -0.960. The zero-order chi connectivity index (χ0) is 12.8. The molecule has 0 aliphatic carbocycles. The molecule has 0 bridgehead atoms. The number of rotatable bonds is 1. The van der Waals surface area contributed by atoms with Crippen molar-refractivity contribution in [3.8, 4) is 0 Å². The summed E-state index contributed by atoms with van der Waals surface area (Å²) in [6.07, 6.45) is 0. The first-order chi connectivity index (χ1) is 7.39. The van der Waals surface area contributed by atoms with Crippen molar-refractivity contribution in [2.45, 2.75) is 39.5 Å². The minimum atomic E-state index is -0.361. The third kappa shape index (κ3) is 5.21. The van der Waals surface area contributed by atoms with Crippen molar-refractivity contribution in [1.29, 1.82) is 0 Å². The predicted octanol–water partition coefficient (Wildman–Crippen LogP) is 3.99. The van der Waals surface area contributed by atoms with E-state index in [4.69, 9.17) is 0 Å². The van der Waals surface area contributed by atoms with E-state index in [-0.39, 0.29) is 11.3 Å². The number of anilines is 1. The van der Waals surface area contributed by atoms with Gasteiger partial charge < -0.3 is 5.32 Å². The summed E-state index contributed by atoms with van der Waals surface area (Å²) < 4.78 is 0. The highest BCUT2D eigenvalue weighted by atomic mass is 32.1. The molecule has 0 unspecified atom stereocenters. The first-order valence-electron chi connectivity index (χ1n) is 5.50. The van der Waals surface area contributed by atoms with Crippen LogP contribution in [0.15, 0.2) is 29.2 Å². The summed E-state index contributed by atoms with van der Waals surface area (Å²) in [5.41, 5.74) is 0.447. The molecule has 0 saturated carbocycles. The third-order valence-electron chi connectivity index (χ3n) is 1.81. The lowest BCUT2D eigenvalue weighted by Gasteiger charge is -2.17. The second-order valence-corrected chi connectivity index (χ2v) is 4.77. The number of thiol groups is 1. The monoisotopic (exact) mass is 239 g/mol. The summed E-state index contributed by atoms with van der Waals surface area (Å²) in [4.78, 5) is 12.5. The molecular formula is C13H21NOS. The Labute approximate surface area is 104 Å². The average molecular weight is 239 g/mol. The van der Waals surface area contributed by atoms with Gasteiger partial charge in [0.05, 0.1) is 0 Å². The van der Waals surface area contributed by atoms with E-state index < -0.39 is 0 Å². The smallest absolute Gasteiger partial charge is 0.229 e. The molecular weight excluding hydrogens is 218 g/mol. The molecule has 0 saturated heterocycles. The summed E-state index contributed by atoms with van der Waals surface area (Å²) in [7, 11) is 0. The van der Waals surface area contributed by atoms with Crippen LogP contribution in [-0.2, 0) is 4.79 Å². The number of hydrogen-bond donors (Lipinski definition) is 2. The standard InChI is InChI=1S/C11H15NOS.C2H6/c1-11(2,3)10(13)12-8-4-6-9(14)7-5-8;1-2/h4-7,14H,1-3H3,(H,12,13);1-2H3. The summed E-state index contributed by atoms with van der Waals surface area (Å²) in [6, 6.07) is 7.38. The molecule has 0 radical (unpaired) electrons. The van der Waals surface area contributed by atoms with Crippen LogP contribution in [0, 0.1) is 5.41 Å². The number of benzene rings is 1. The van der Waals surface area contributed by atoms with Gasteiger partial charge in [0, 0.05) is 16.0 Å². The maximum Gasteiger partial charge on any atom is 0.229 e. The molecule has 0 aromatic heterocycles. The lowest BCUT2D eigenvalue weighted by molar-refractivity contribution is -0.123. The maximum atomic E-state index is 11.6. The minimum Gasteiger partial charge on any atom is -0.326 e. The summed E-state index contributed by atoms with van der Waals surface area (Å²) in [5.74, 6) is 0.0180. The fraction of sp³-hybridized carbons (Fsp3) is 0.462. The molecule has 1 amide bonds. The summed E-state index contributed by atoms with van der Waals surface area (Å²) in [5, 5.41) is 2.84. The Bertz CT molecular complexity index is 325. The predicted molar refractivity (Wildman–Crippen MR) is 73.1 cm³/mol. The van der Waals surface area contributed by atoms with Crippen molar-refractivity contribution in [2.75, 3.05) is 5.32 Å². The van der Waals surface area contributed by atoms with Gasteiger partial charge in [0.25, 0.3) is 0 Å². The van der Waals surface area contributed by atoms with E-state index in [0.717, 1.165) is 10.6 Å². The highest BCUT2D eigenvalue weighted by molar-refractivity contribution is 7.80. The molecule has 1 aromatic carbocycles. The van der Waals surface area contributed by atoms with Gasteiger partial charge in [0.15, 0.2) is 0 Å². The van der Waals surface area contributed by atoms with Gasteiger partial charge in [0.2, 0.25) is 5.91 Å². The van der Waals surface area contributed by atoms with Gasteiger partial charge in [0.1, 0.15) is 0 Å². The molecule has 0 spiro atoms. The first-order valence-corrected chi connectivity index (χ1v) is 5.95. The molecule has 1 N–H and O–H groups in total. The third-order valence-corrected chi connectivity index (χ3v) is 2.10. The Morgan fingerprint density at radius 3 is 1.94 bits per heavy atom. The number of amides is 1. The lowest BCUT2D eigenvalue weighted by atomic mass is 9.95. The van der Waals surface area contributed by atoms with Gasteiger partial charge in [-0.25, -0.2) is 0 Å². The zero-order valence-corrected chi connectivity index (χ0v) is 11.6. The van der Waals surface area contributed by atoms with Crippen molar-refractivity contribution < 1.29 is 4.79 Å². The van der Waals surface area contributed by atoms with Crippen LogP contribution in [0.1, 0.15) is 34.6 Å². The Kier molecular flexibility index (Phi) is 6.19. The normalized spacial score (nSPS) is 10.1. The lowest BCUT2D eigenvalue weighted by Crippen LogP contribution is -2.27. The van der Waals surface area contributed by atoms with Crippen LogP contribution in [0.25, 0.3) is 0 Å². The molecule has 0 heterocycles.